The molecule has 1 unspecified atom stereocenters. The smallest absolute Gasteiger partial charge is 0.274 e. The first-order chi connectivity index (χ1) is 14.9. The summed E-state index contributed by atoms with van der Waals surface area (Å²) in [5, 5.41) is 4.57. The van der Waals surface area contributed by atoms with E-state index in [4.69, 9.17) is 4.78 Å². The summed E-state index contributed by atoms with van der Waals surface area (Å²) in [6.45, 7) is 0. The molecule has 0 saturated heterocycles. The van der Waals surface area contributed by atoms with Gasteiger partial charge in [-0.3, -0.25) is 4.79 Å². The summed E-state index contributed by atoms with van der Waals surface area (Å²) in [7, 11) is -1.06. The molecule has 2 aliphatic carbocycles. The van der Waals surface area contributed by atoms with Gasteiger partial charge in [-0.2, -0.15) is 0 Å². The van der Waals surface area contributed by atoms with Gasteiger partial charge in [-0.25, -0.2) is 8.99 Å². The van der Waals surface area contributed by atoms with Gasteiger partial charge in [0, 0.05) is 57.8 Å². The van der Waals surface area contributed by atoms with Gasteiger partial charge in [-0.05, 0) is 49.9 Å². The molecule has 0 bridgehead atoms. The Labute approximate surface area is 183 Å². The van der Waals surface area contributed by atoms with Crippen molar-refractivity contribution in [3.63, 3.8) is 0 Å². The minimum absolute atomic E-state index is 0.0339. The maximum Gasteiger partial charge on any atom is 0.274 e. The van der Waals surface area contributed by atoms with E-state index < -0.39 is 9.73 Å². The number of H-pyrrole nitrogens is 1. The van der Waals surface area contributed by atoms with Gasteiger partial charge in [-0.15, -0.1) is 0 Å². The standard InChI is InChI=1S/C24H30N4O2S/c1-28-15-21(19-12-13-26-23(19)24(28)29)20-14-18(31(25,30)17-8-9-17)10-11-22(20)27-16-6-4-2-3-5-7-16/h10-17,25-27H,2-9H2,1H3. The quantitative estimate of drug-likeness (QED) is 0.476. The van der Waals surface area contributed by atoms with Gasteiger partial charge in [0.15, 0.2) is 0 Å². The van der Waals surface area contributed by atoms with Crippen LogP contribution in [0.15, 0.2) is 46.3 Å². The number of pyridine rings is 1. The highest BCUT2D eigenvalue weighted by atomic mass is 32.2. The Kier molecular flexibility index (Phi) is 5.16. The first-order valence-electron chi connectivity index (χ1n) is 11.3. The number of hydrogen-bond acceptors (Lipinski definition) is 4. The number of benzene rings is 1. The highest BCUT2D eigenvalue weighted by molar-refractivity contribution is 7.93. The molecule has 0 aliphatic heterocycles. The van der Waals surface area contributed by atoms with Crippen LogP contribution < -0.4 is 10.9 Å². The molecule has 0 spiro atoms. The van der Waals surface area contributed by atoms with E-state index >= 15 is 0 Å². The van der Waals surface area contributed by atoms with Crippen molar-refractivity contribution in [3.05, 3.63) is 47.0 Å². The molecule has 2 fully saturated rings. The maximum atomic E-state index is 13.2. The van der Waals surface area contributed by atoms with Crippen molar-refractivity contribution in [3.8, 4) is 11.1 Å². The van der Waals surface area contributed by atoms with Crippen LogP contribution >= 0.6 is 0 Å². The lowest BCUT2D eigenvalue weighted by Gasteiger charge is -2.22. The zero-order valence-electron chi connectivity index (χ0n) is 17.9. The van der Waals surface area contributed by atoms with E-state index in [2.05, 4.69) is 10.3 Å². The van der Waals surface area contributed by atoms with Crippen LogP contribution in [0.25, 0.3) is 22.0 Å². The molecule has 1 atom stereocenters. The number of rotatable bonds is 5. The van der Waals surface area contributed by atoms with Crippen molar-refractivity contribution >= 4 is 26.3 Å². The van der Waals surface area contributed by atoms with E-state index in [1.165, 1.54) is 25.7 Å². The summed E-state index contributed by atoms with van der Waals surface area (Å²) in [5.41, 5.74) is 3.33. The molecule has 1 aromatic carbocycles. The Bertz CT molecular complexity index is 1280. The van der Waals surface area contributed by atoms with Crippen molar-refractivity contribution in [2.45, 2.75) is 67.6 Å². The molecule has 2 aromatic heterocycles. The lowest BCUT2D eigenvalue weighted by Crippen LogP contribution is -2.20. The predicted molar refractivity (Wildman–Crippen MR) is 126 cm³/mol. The molecule has 3 N–H and O–H groups in total. The summed E-state index contributed by atoms with van der Waals surface area (Å²) < 4.78 is 23.3. The zero-order chi connectivity index (χ0) is 21.6. The molecule has 2 aliphatic rings. The van der Waals surface area contributed by atoms with Crippen LogP contribution in [0, 0.1) is 4.78 Å². The lowest BCUT2D eigenvalue weighted by molar-refractivity contribution is 0.620. The van der Waals surface area contributed by atoms with Crippen LogP contribution in [0.1, 0.15) is 51.4 Å². The molecule has 3 aromatic rings. The van der Waals surface area contributed by atoms with E-state index in [-0.39, 0.29) is 10.8 Å². The Morgan fingerprint density at radius 2 is 1.81 bits per heavy atom. The van der Waals surface area contributed by atoms with Gasteiger partial charge in [-0.1, -0.05) is 25.7 Å². The fraction of sp³-hybridized carbons (Fsp3) is 0.458. The van der Waals surface area contributed by atoms with Crippen LogP contribution in [-0.4, -0.2) is 25.1 Å². The van der Waals surface area contributed by atoms with Crippen molar-refractivity contribution in [1.82, 2.24) is 9.55 Å². The van der Waals surface area contributed by atoms with Gasteiger partial charge in [0.25, 0.3) is 5.56 Å². The number of hydrogen-bond donors (Lipinski definition) is 3. The average molecular weight is 439 g/mol. The molecule has 6 nitrogen and oxygen atoms in total. The fourth-order valence-corrected chi connectivity index (χ4v) is 6.53. The SMILES string of the molecule is Cn1cc(-c2cc(S(=N)(=O)C3CC3)ccc2NC2CCCCCC2)c2cc[nH]c2c1=O. The van der Waals surface area contributed by atoms with Crippen LogP contribution in [0.5, 0.6) is 0 Å². The minimum Gasteiger partial charge on any atom is -0.382 e. The van der Waals surface area contributed by atoms with Gasteiger partial charge in [0.1, 0.15) is 5.52 Å². The summed E-state index contributed by atoms with van der Waals surface area (Å²) in [4.78, 5) is 16.2. The summed E-state index contributed by atoms with van der Waals surface area (Å²) in [6, 6.07) is 8.12. The zero-order valence-corrected chi connectivity index (χ0v) is 18.8. The lowest BCUT2D eigenvalue weighted by atomic mass is 10.0. The van der Waals surface area contributed by atoms with Crippen LogP contribution in [0.4, 0.5) is 5.69 Å². The second kappa shape index (κ2) is 7.86. The maximum absolute atomic E-state index is 13.2. The second-order valence-corrected chi connectivity index (χ2v) is 11.4. The number of anilines is 1. The van der Waals surface area contributed by atoms with Gasteiger partial charge in [0.05, 0.1) is 9.73 Å². The highest BCUT2D eigenvalue weighted by Gasteiger charge is 2.34. The summed E-state index contributed by atoms with van der Waals surface area (Å²) >= 11 is 0. The number of aryl methyl sites for hydroxylation is 1. The monoisotopic (exact) mass is 438 g/mol. The molecule has 164 valence electrons. The van der Waals surface area contributed by atoms with E-state index in [0.29, 0.717) is 16.5 Å². The molecule has 31 heavy (non-hydrogen) atoms. The van der Waals surface area contributed by atoms with E-state index in [9.17, 15) is 9.00 Å². The molecule has 0 radical (unpaired) electrons. The molecule has 0 amide bonds. The first kappa shape index (κ1) is 20.4. The van der Waals surface area contributed by atoms with Crippen molar-refractivity contribution in [1.29, 1.82) is 4.78 Å². The average Bonchev–Trinajstić information content (AvgIpc) is 3.55. The molecular formula is C24H30N4O2S. The molecule has 2 heterocycles. The third-order valence-electron chi connectivity index (χ3n) is 6.73. The third-order valence-corrected chi connectivity index (χ3v) is 9.10. The van der Waals surface area contributed by atoms with Crippen LogP contribution in [0.3, 0.4) is 0 Å². The molecule has 7 heteroatoms. The van der Waals surface area contributed by atoms with Crippen molar-refractivity contribution in [2.24, 2.45) is 7.05 Å². The minimum atomic E-state index is -2.81. The largest absolute Gasteiger partial charge is 0.382 e. The van der Waals surface area contributed by atoms with Crippen molar-refractivity contribution in [2.75, 3.05) is 5.32 Å². The Morgan fingerprint density at radius 1 is 1.06 bits per heavy atom. The number of aromatic amines is 1. The van der Waals surface area contributed by atoms with E-state index in [1.54, 1.807) is 17.8 Å². The highest BCUT2D eigenvalue weighted by Crippen LogP contribution is 2.39. The molecule has 5 rings (SSSR count). The molecule has 2 saturated carbocycles. The Hall–Kier alpha value is -2.54. The van der Waals surface area contributed by atoms with Gasteiger partial charge < -0.3 is 14.9 Å². The number of fused-ring (bicyclic) bond motifs is 1. The van der Waals surface area contributed by atoms with Gasteiger partial charge >= 0.3 is 0 Å². The predicted octanol–water partition coefficient (Wildman–Crippen LogP) is 5.24. The normalized spacial score (nSPS) is 19.8. The van der Waals surface area contributed by atoms with Gasteiger partial charge in [0.2, 0.25) is 0 Å². The third kappa shape index (κ3) is 3.80. The second-order valence-electron chi connectivity index (χ2n) is 9.07. The number of aromatic nitrogens is 2. The van der Waals surface area contributed by atoms with E-state index in [0.717, 1.165) is 47.9 Å². The van der Waals surface area contributed by atoms with Crippen molar-refractivity contribution < 1.29 is 4.21 Å². The first-order valence-corrected chi connectivity index (χ1v) is 12.9. The molecular weight excluding hydrogens is 408 g/mol. The fourth-order valence-electron chi connectivity index (χ4n) is 4.78. The Balaban J connectivity index is 1.67. The van der Waals surface area contributed by atoms with E-state index in [1.807, 2.05) is 30.5 Å². The van der Waals surface area contributed by atoms with Crippen LogP contribution in [-0.2, 0) is 16.8 Å². The Morgan fingerprint density at radius 3 is 2.52 bits per heavy atom. The topological polar surface area (TPSA) is 90.7 Å². The van der Waals surface area contributed by atoms with Crippen LogP contribution in [0.2, 0.25) is 0 Å². The summed E-state index contributed by atoms with van der Waals surface area (Å²) in [6.07, 6.45) is 12.7. The number of nitrogens with one attached hydrogen (secondary N) is 3. The number of nitrogens with zero attached hydrogens (tertiary/aromatic N) is 1. The summed E-state index contributed by atoms with van der Waals surface area (Å²) in [5.74, 6) is 0.